The van der Waals surface area contributed by atoms with Crippen LogP contribution in [0.1, 0.15) is 21.6 Å². The van der Waals surface area contributed by atoms with E-state index >= 15 is 0 Å². The molecular formula is C13H15N5O. The lowest BCUT2D eigenvalue weighted by atomic mass is 10.2. The summed E-state index contributed by atoms with van der Waals surface area (Å²) in [4.78, 5) is 20.3. The molecule has 2 heterocycles. The number of hydrogen-bond donors (Lipinski definition) is 3. The Balaban J connectivity index is 2.22. The number of carbonyl (C=O) groups is 1. The molecule has 0 radical (unpaired) electrons. The van der Waals surface area contributed by atoms with Gasteiger partial charge in [-0.2, -0.15) is 0 Å². The molecule has 0 spiro atoms. The van der Waals surface area contributed by atoms with Crippen molar-refractivity contribution in [2.45, 2.75) is 13.8 Å². The Bertz CT molecular complexity index is 612. The standard InChI is InChI=1S/C13H15N5O/c1-8-3-4-15-11(5-8)17-13(19)10-6-9(2)16-12(7-10)18-14/h3-7H,14H2,1-2H3,(H,16,18)(H,15,17,19). The van der Waals surface area contributed by atoms with Gasteiger partial charge in [-0.3, -0.25) is 4.79 Å². The first kappa shape index (κ1) is 13.0. The lowest BCUT2D eigenvalue weighted by molar-refractivity contribution is 0.102. The Morgan fingerprint density at radius 3 is 2.68 bits per heavy atom. The van der Waals surface area contributed by atoms with Gasteiger partial charge in [0.2, 0.25) is 0 Å². The number of nitrogens with two attached hydrogens (primary N) is 1. The first-order valence-electron chi connectivity index (χ1n) is 5.78. The number of nitrogens with one attached hydrogen (secondary N) is 2. The zero-order chi connectivity index (χ0) is 13.8. The quantitative estimate of drug-likeness (QED) is 0.574. The fourth-order valence-corrected chi connectivity index (χ4v) is 1.67. The summed E-state index contributed by atoms with van der Waals surface area (Å²) in [7, 11) is 0. The monoisotopic (exact) mass is 257 g/mol. The molecular weight excluding hydrogens is 242 g/mol. The smallest absolute Gasteiger partial charge is 0.257 e. The maximum Gasteiger partial charge on any atom is 0.257 e. The third-order valence-corrected chi connectivity index (χ3v) is 2.52. The van der Waals surface area contributed by atoms with Crippen LogP contribution in [0.15, 0.2) is 30.5 Å². The van der Waals surface area contributed by atoms with E-state index in [1.54, 1.807) is 31.3 Å². The van der Waals surface area contributed by atoms with Gasteiger partial charge in [0.15, 0.2) is 0 Å². The summed E-state index contributed by atoms with van der Waals surface area (Å²) in [5.74, 6) is 6.02. The Hall–Kier alpha value is -2.47. The van der Waals surface area contributed by atoms with Gasteiger partial charge in [0, 0.05) is 17.5 Å². The van der Waals surface area contributed by atoms with Gasteiger partial charge in [-0.1, -0.05) is 0 Å². The summed E-state index contributed by atoms with van der Waals surface area (Å²) in [5.41, 5.74) is 4.64. The van der Waals surface area contributed by atoms with Gasteiger partial charge in [0.05, 0.1) is 0 Å². The van der Waals surface area contributed by atoms with Crippen LogP contribution in [0.5, 0.6) is 0 Å². The molecule has 0 aliphatic heterocycles. The highest BCUT2D eigenvalue weighted by Crippen LogP contribution is 2.12. The van der Waals surface area contributed by atoms with Crippen LogP contribution < -0.4 is 16.6 Å². The number of hydrazine groups is 1. The Morgan fingerprint density at radius 1 is 1.21 bits per heavy atom. The van der Waals surface area contributed by atoms with E-state index < -0.39 is 0 Å². The average molecular weight is 257 g/mol. The Kier molecular flexibility index (Phi) is 3.72. The second-order valence-electron chi connectivity index (χ2n) is 4.20. The molecule has 6 heteroatoms. The molecule has 0 saturated carbocycles. The van der Waals surface area contributed by atoms with Crippen LogP contribution in [0, 0.1) is 13.8 Å². The number of nitrogen functional groups attached to an aromatic ring is 1. The number of nitrogens with zero attached hydrogens (tertiary/aromatic N) is 2. The van der Waals surface area contributed by atoms with E-state index in [9.17, 15) is 4.79 Å². The van der Waals surface area contributed by atoms with Crippen LogP contribution in [-0.4, -0.2) is 15.9 Å². The highest BCUT2D eigenvalue weighted by Gasteiger charge is 2.09. The highest BCUT2D eigenvalue weighted by molar-refractivity contribution is 6.04. The summed E-state index contributed by atoms with van der Waals surface area (Å²) >= 11 is 0. The minimum atomic E-state index is -0.250. The van der Waals surface area contributed by atoms with Crippen LogP contribution >= 0.6 is 0 Å². The van der Waals surface area contributed by atoms with E-state index in [4.69, 9.17) is 5.84 Å². The van der Waals surface area contributed by atoms with Crippen LogP contribution in [0.3, 0.4) is 0 Å². The Labute approximate surface area is 111 Å². The minimum absolute atomic E-state index is 0.250. The van der Waals surface area contributed by atoms with E-state index in [0.717, 1.165) is 5.56 Å². The van der Waals surface area contributed by atoms with E-state index in [2.05, 4.69) is 20.7 Å². The molecule has 19 heavy (non-hydrogen) atoms. The predicted molar refractivity (Wildman–Crippen MR) is 73.7 cm³/mol. The molecule has 0 saturated heterocycles. The Morgan fingerprint density at radius 2 is 2.00 bits per heavy atom. The maximum atomic E-state index is 12.1. The summed E-state index contributed by atoms with van der Waals surface area (Å²) in [6, 6.07) is 6.93. The van der Waals surface area contributed by atoms with Crippen molar-refractivity contribution in [2.24, 2.45) is 5.84 Å². The van der Waals surface area contributed by atoms with Crippen LogP contribution in [0.4, 0.5) is 11.6 Å². The largest absolute Gasteiger partial charge is 0.308 e. The van der Waals surface area contributed by atoms with Gasteiger partial charge >= 0.3 is 0 Å². The molecule has 98 valence electrons. The first-order valence-corrected chi connectivity index (χ1v) is 5.78. The summed E-state index contributed by atoms with van der Waals surface area (Å²) in [5, 5.41) is 2.73. The molecule has 6 nitrogen and oxygen atoms in total. The third-order valence-electron chi connectivity index (χ3n) is 2.52. The van der Waals surface area contributed by atoms with E-state index in [0.29, 0.717) is 22.9 Å². The number of pyridine rings is 2. The van der Waals surface area contributed by atoms with Gasteiger partial charge in [-0.05, 0) is 43.7 Å². The van der Waals surface area contributed by atoms with Crippen molar-refractivity contribution >= 4 is 17.5 Å². The van der Waals surface area contributed by atoms with Crippen LogP contribution in [0.2, 0.25) is 0 Å². The van der Waals surface area contributed by atoms with Gasteiger partial charge in [-0.15, -0.1) is 0 Å². The molecule has 0 unspecified atom stereocenters. The molecule has 0 atom stereocenters. The zero-order valence-corrected chi connectivity index (χ0v) is 10.8. The first-order chi connectivity index (χ1) is 9.08. The molecule has 0 fully saturated rings. The number of hydrogen-bond acceptors (Lipinski definition) is 5. The predicted octanol–water partition coefficient (Wildman–Crippen LogP) is 1.63. The van der Waals surface area contributed by atoms with E-state index in [-0.39, 0.29) is 5.91 Å². The molecule has 1 amide bonds. The molecule has 4 N–H and O–H groups in total. The summed E-state index contributed by atoms with van der Waals surface area (Å²) in [6.07, 6.45) is 1.65. The van der Waals surface area contributed by atoms with Crippen molar-refractivity contribution in [1.29, 1.82) is 0 Å². The van der Waals surface area contributed by atoms with E-state index in [1.165, 1.54) is 0 Å². The molecule has 0 aliphatic carbocycles. The second kappa shape index (κ2) is 5.45. The topological polar surface area (TPSA) is 92.9 Å². The van der Waals surface area contributed by atoms with Crippen molar-refractivity contribution in [3.8, 4) is 0 Å². The van der Waals surface area contributed by atoms with Crippen molar-refractivity contribution in [3.63, 3.8) is 0 Å². The van der Waals surface area contributed by atoms with Gasteiger partial charge in [-0.25, -0.2) is 15.8 Å². The normalized spacial score (nSPS) is 10.1. The van der Waals surface area contributed by atoms with Crippen molar-refractivity contribution in [2.75, 3.05) is 10.7 Å². The van der Waals surface area contributed by atoms with Crippen molar-refractivity contribution in [1.82, 2.24) is 9.97 Å². The molecule has 0 aliphatic rings. The highest BCUT2D eigenvalue weighted by atomic mass is 16.1. The zero-order valence-electron chi connectivity index (χ0n) is 10.8. The fourth-order valence-electron chi connectivity index (χ4n) is 1.67. The summed E-state index contributed by atoms with van der Waals surface area (Å²) < 4.78 is 0. The molecule has 0 bridgehead atoms. The number of amides is 1. The van der Waals surface area contributed by atoms with Gasteiger partial charge in [0.25, 0.3) is 5.91 Å². The molecule has 0 aromatic carbocycles. The lowest BCUT2D eigenvalue weighted by Crippen LogP contribution is -2.15. The number of aryl methyl sites for hydroxylation is 2. The van der Waals surface area contributed by atoms with Crippen LogP contribution in [0.25, 0.3) is 0 Å². The molecule has 2 aromatic rings. The number of anilines is 2. The summed E-state index contributed by atoms with van der Waals surface area (Å²) in [6.45, 7) is 3.73. The number of aromatic nitrogens is 2. The fraction of sp³-hybridized carbons (Fsp3) is 0.154. The van der Waals surface area contributed by atoms with Crippen LogP contribution in [-0.2, 0) is 0 Å². The lowest BCUT2D eigenvalue weighted by Gasteiger charge is -2.07. The third kappa shape index (κ3) is 3.26. The molecule has 2 rings (SSSR count). The second-order valence-corrected chi connectivity index (χ2v) is 4.20. The van der Waals surface area contributed by atoms with Crippen molar-refractivity contribution < 1.29 is 4.79 Å². The maximum absolute atomic E-state index is 12.1. The van der Waals surface area contributed by atoms with E-state index in [1.807, 2.05) is 13.0 Å². The van der Waals surface area contributed by atoms with Gasteiger partial charge in [0.1, 0.15) is 11.6 Å². The number of carbonyl (C=O) groups excluding carboxylic acids is 1. The number of rotatable bonds is 3. The molecule has 2 aromatic heterocycles. The minimum Gasteiger partial charge on any atom is -0.308 e. The van der Waals surface area contributed by atoms with Gasteiger partial charge < -0.3 is 10.7 Å². The SMILES string of the molecule is Cc1ccnc(NC(=O)c2cc(C)nc(NN)c2)c1. The van der Waals surface area contributed by atoms with Crippen molar-refractivity contribution in [3.05, 3.63) is 47.3 Å². The average Bonchev–Trinajstić information content (AvgIpc) is 2.38.